The Labute approximate surface area is 117 Å². The van der Waals surface area contributed by atoms with Gasteiger partial charge in [0.25, 0.3) is 0 Å². The van der Waals surface area contributed by atoms with E-state index in [1.165, 1.54) is 5.56 Å². The van der Waals surface area contributed by atoms with E-state index >= 15 is 0 Å². The van der Waals surface area contributed by atoms with Gasteiger partial charge in [0.15, 0.2) is 0 Å². The highest BCUT2D eigenvalue weighted by Crippen LogP contribution is 2.14. The SMILES string of the molecule is CCC(CCO)CNCc1ccc(OC(C)C)cc1. The third-order valence-corrected chi connectivity index (χ3v) is 3.17. The Balaban J connectivity index is 2.33. The molecular weight excluding hydrogens is 238 g/mol. The highest BCUT2D eigenvalue weighted by Gasteiger charge is 2.05. The molecule has 0 fully saturated rings. The second-order valence-electron chi connectivity index (χ2n) is 5.23. The van der Waals surface area contributed by atoms with Crippen LogP contribution in [0.2, 0.25) is 0 Å². The zero-order valence-electron chi connectivity index (χ0n) is 12.4. The maximum Gasteiger partial charge on any atom is 0.119 e. The first-order chi connectivity index (χ1) is 9.15. The number of aliphatic hydroxyl groups excluding tert-OH is 1. The fraction of sp³-hybridized carbons (Fsp3) is 0.625. The predicted molar refractivity (Wildman–Crippen MR) is 79.4 cm³/mol. The van der Waals surface area contributed by atoms with E-state index in [0.29, 0.717) is 5.92 Å². The van der Waals surface area contributed by atoms with E-state index in [0.717, 1.165) is 31.7 Å². The van der Waals surface area contributed by atoms with Crippen LogP contribution in [0.15, 0.2) is 24.3 Å². The molecule has 0 heterocycles. The summed E-state index contributed by atoms with van der Waals surface area (Å²) in [5.74, 6) is 1.49. The Bertz CT molecular complexity index is 335. The van der Waals surface area contributed by atoms with E-state index in [1.807, 2.05) is 26.0 Å². The normalized spacial score (nSPS) is 12.7. The molecule has 2 N–H and O–H groups in total. The molecule has 0 aromatic heterocycles. The van der Waals surface area contributed by atoms with Gasteiger partial charge in [0.2, 0.25) is 0 Å². The molecule has 0 aliphatic carbocycles. The van der Waals surface area contributed by atoms with Gasteiger partial charge in [0.1, 0.15) is 5.75 Å². The molecule has 0 spiro atoms. The summed E-state index contributed by atoms with van der Waals surface area (Å²) in [7, 11) is 0. The largest absolute Gasteiger partial charge is 0.491 e. The molecule has 3 heteroatoms. The molecule has 108 valence electrons. The van der Waals surface area contributed by atoms with E-state index in [9.17, 15) is 0 Å². The van der Waals surface area contributed by atoms with Gasteiger partial charge in [-0.3, -0.25) is 0 Å². The first kappa shape index (κ1) is 16.0. The molecule has 0 aliphatic rings. The van der Waals surface area contributed by atoms with Crippen molar-refractivity contribution in [2.45, 2.75) is 46.3 Å². The van der Waals surface area contributed by atoms with E-state index in [4.69, 9.17) is 9.84 Å². The Hall–Kier alpha value is -1.06. The number of rotatable bonds is 9. The second-order valence-corrected chi connectivity index (χ2v) is 5.23. The third kappa shape index (κ3) is 6.60. The van der Waals surface area contributed by atoms with Gasteiger partial charge in [-0.05, 0) is 50.4 Å². The topological polar surface area (TPSA) is 41.5 Å². The zero-order valence-corrected chi connectivity index (χ0v) is 12.4. The summed E-state index contributed by atoms with van der Waals surface area (Å²) in [6.45, 7) is 8.33. The van der Waals surface area contributed by atoms with Crippen LogP contribution < -0.4 is 10.1 Å². The molecule has 0 saturated carbocycles. The molecule has 0 aliphatic heterocycles. The van der Waals surface area contributed by atoms with Crippen molar-refractivity contribution in [2.75, 3.05) is 13.2 Å². The molecule has 19 heavy (non-hydrogen) atoms. The Morgan fingerprint density at radius 3 is 2.42 bits per heavy atom. The molecule has 1 unspecified atom stereocenters. The maximum atomic E-state index is 8.94. The number of ether oxygens (including phenoxy) is 1. The van der Waals surface area contributed by atoms with Crippen molar-refractivity contribution in [3.63, 3.8) is 0 Å². The Morgan fingerprint density at radius 1 is 1.21 bits per heavy atom. The average molecular weight is 265 g/mol. The van der Waals surface area contributed by atoms with Gasteiger partial charge in [-0.1, -0.05) is 25.5 Å². The van der Waals surface area contributed by atoms with Gasteiger partial charge < -0.3 is 15.2 Å². The lowest BCUT2D eigenvalue weighted by Crippen LogP contribution is -2.22. The van der Waals surface area contributed by atoms with Crippen LogP contribution in [0.25, 0.3) is 0 Å². The van der Waals surface area contributed by atoms with Gasteiger partial charge in [0, 0.05) is 13.2 Å². The number of hydrogen-bond donors (Lipinski definition) is 2. The van der Waals surface area contributed by atoms with Crippen molar-refractivity contribution in [3.05, 3.63) is 29.8 Å². The van der Waals surface area contributed by atoms with E-state index in [1.54, 1.807) is 0 Å². The van der Waals surface area contributed by atoms with Crippen LogP contribution in [0.1, 0.15) is 39.2 Å². The van der Waals surface area contributed by atoms with E-state index in [-0.39, 0.29) is 12.7 Å². The van der Waals surface area contributed by atoms with Crippen molar-refractivity contribution >= 4 is 0 Å². The van der Waals surface area contributed by atoms with E-state index < -0.39 is 0 Å². The molecule has 1 atom stereocenters. The highest BCUT2D eigenvalue weighted by atomic mass is 16.5. The minimum absolute atomic E-state index is 0.216. The molecule has 1 rings (SSSR count). The second kappa shape index (κ2) is 8.94. The quantitative estimate of drug-likeness (QED) is 0.721. The predicted octanol–water partition coefficient (Wildman–Crippen LogP) is 2.97. The monoisotopic (exact) mass is 265 g/mol. The summed E-state index contributed by atoms with van der Waals surface area (Å²) >= 11 is 0. The minimum atomic E-state index is 0.216. The van der Waals surface area contributed by atoms with Crippen molar-refractivity contribution in [2.24, 2.45) is 5.92 Å². The zero-order chi connectivity index (χ0) is 14.1. The number of hydrogen-bond acceptors (Lipinski definition) is 3. The van der Waals surface area contributed by atoms with Crippen LogP contribution >= 0.6 is 0 Å². The van der Waals surface area contributed by atoms with Crippen molar-refractivity contribution in [1.82, 2.24) is 5.32 Å². The van der Waals surface area contributed by atoms with Gasteiger partial charge in [-0.25, -0.2) is 0 Å². The van der Waals surface area contributed by atoms with Crippen molar-refractivity contribution in [3.8, 4) is 5.75 Å². The molecule has 0 amide bonds. The summed E-state index contributed by atoms with van der Waals surface area (Å²) in [4.78, 5) is 0. The van der Waals surface area contributed by atoms with Crippen LogP contribution in [0.5, 0.6) is 5.75 Å². The van der Waals surface area contributed by atoms with Crippen LogP contribution in [0.4, 0.5) is 0 Å². The molecule has 1 aromatic rings. The van der Waals surface area contributed by atoms with Crippen molar-refractivity contribution < 1.29 is 9.84 Å². The van der Waals surface area contributed by atoms with Gasteiger partial charge in [-0.15, -0.1) is 0 Å². The summed E-state index contributed by atoms with van der Waals surface area (Å²) < 4.78 is 5.61. The molecule has 0 bridgehead atoms. The van der Waals surface area contributed by atoms with Crippen LogP contribution in [-0.4, -0.2) is 24.4 Å². The fourth-order valence-corrected chi connectivity index (χ4v) is 2.01. The van der Waals surface area contributed by atoms with Crippen molar-refractivity contribution in [1.29, 1.82) is 0 Å². The summed E-state index contributed by atoms with van der Waals surface area (Å²) in [5, 5.41) is 12.4. The van der Waals surface area contributed by atoms with Gasteiger partial charge >= 0.3 is 0 Å². The summed E-state index contributed by atoms with van der Waals surface area (Å²) in [6.07, 6.45) is 2.20. The lowest BCUT2D eigenvalue weighted by Gasteiger charge is -2.14. The smallest absolute Gasteiger partial charge is 0.119 e. The molecular formula is C16H27NO2. The molecule has 3 nitrogen and oxygen atoms in total. The first-order valence-electron chi connectivity index (χ1n) is 7.22. The maximum absolute atomic E-state index is 8.94. The standard InChI is InChI=1S/C16H27NO2/c1-4-14(9-10-18)11-17-12-15-5-7-16(8-6-15)19-13(2)3/h5-8,13-14,17-18H,4,9-12H2,1-3H3. The lowest BCUT2D eigenvalue weighted by atomic mass is 10.0. The third-order valence-electron chi connectivity index (χ3n) is 3.17. The number of nitrogens with one attached hydrogen (secondary N) is 1. The highest BCUT2D eigenvalue weighted by molar-refractivity contribution is 5.27. The fourth-order valence-electron chi connectivity index (χ4n) is 2.01. The summed E-state index contributed by atoms with van der Waals surface area (Å²) in [5.41, 5.74) is 1.26. The molecule has 0 radical (unpaired) electrons. The van der Waals surface area contributed by atoms with Crippen LogP contribution in [-0.2, 0) is 6.54 Å². The van der Waals surface area contributed by atoms with Crippen LogP contribution in [0.3, 0.4) is 0 Å². The lowest BCUT2D eigenvalue weighted by molar-refractivity contribution is 0.242. The minimum Gasteiger partial charge on any atom is -0.491 e. The van der Waals surface area contributed by atoms with Gasteiger partial charge in [-0.2, -0.15) is 0 Å². The van der Waals surface area contributed by atoms with Gasteiger partial charge in [0.05, 0.1) is 6.10 Å². The summed E-state index contributed by atoms with van der Waals surface area (Å²) in [6, 6.07) is 8.22. The number of aliphatic hydroxyl groups is 1. The van der Waals surface area contributed by atoms with Crippen LogP contribution in [0, 0.1) is 5.92 Å². The number of benzene rings is 1. The Kier molecular flexibility index (Phi) is 7.53. The average Bonchev–Trinajstić information content (AvgIpc) is 2.39. The molecule has 1 aromatic carbocycles. The Morgan fingerprint density at radius 2 is 1.89 bits per heavy atom. The molecule has 0 saturated heterocycles. The van der Waals surface area contributed by atoms with E-state index in [2.05, 4.69) is 24.4 Å². The first-order valence-corrected chi connectivity index (χ1v) is 7.22.